The Morgan fingerprint density at radius 1 is 1.06 bits per heavy atom. The molecule has 172 valence electrons. The molecule has 8 nitrogen and oxygen atoms in total. The van der Waals surface area contributed by atoms with Crippen LogP contribution in [0.1, 0.15) is 27.2 Å². The van der Waals surface area contributed by atoms with E-state index in [1.165, 1.54) is 12.1 Å². The molecular weight excluding hydrogens is 461 g/mol. The number of pyridine rings is 1. The number of carbonyl (C=O) groups excluding carboxylic acids is 1. The zero-order chi connectivity index (χ0) is 24.2. The highest BCUT2D eigenvalue weighted by atomic mass is 35.5. The summed E-state index contributed by atoms with van der Waals surface area (Å²) in [6.07, 6.45) is 3.15. The first-order chi connectivity index (χ1) is 16.3. The Hall–Kier alpha value is -4.11. The molecular formula is C24H19ClFN5O3. The van der Waals surface area contributed by atoms with Gasteiger partial charge >= 0.3 is 5.69 Å². The lowest BCUT2D eigenvalue weighted by molar-refractivity contribution is 0.0941. The van der Waals surface area contributed by atoms with E-state index in [0.717, 1.165) is 20.9 Å². The summed E-state index contributed by atoms with van der Waals surface area (Å²) >= 11 is 6.04. The van der Waals surface area contributed by atoms with Crippen molar-refractivity contribution in [2.45, 2.75) is 20.0 Å². The van der Waals surface area contributed by atoms with Gasteiger partial charge in [-0.25, -0.2) is 9.18 Å². The van der Waals surface area contributed by atoms with Crippen LogP contribution in [0, 0.1) is 12.7 Å². The van der Waals surface area contributed by atoms with E-state index in [1.54, 1.807) is 55.7 Å². The molecule has 2 aromatic carbocycles. The van der Waals surface area contributed by atoms with Crippen molar-refractivity contribution >= 4 is 17.5 Å². The fourth-order valence-corrected chi connectivity index (χ4v) is 3.48. The molecule has 0 aliphatic rings. The van der Waals surface area contributed by atoms with Crippen molar-refractivity contribution in [2.75, 3.05) is 0 Å². The first kappa shape index (κ1) is 23.1. The number of benzene rings is 2. The first-order valence-electron chi connectivity index (χ1n) is 10.3. The summed E-state index contributed by atoms with van der Waals surface area (Å²) in [6, 6.07) is 14.1. The smallest absolute Gasteiger partial charge is 0.346 e. The molecule has 4 aromatic rings. The van der Waals surface area contributed by atoms with Crippen LogP contribution in [0.15, 0.2) is 76.6 Å². The van der Waals surface area contributed by atoms with Crippen molar-refractivity contribution in [3.8, 4) is 5.69 Å². The van der Waals surface area contributed by atoms with Crippen LogP contribution >= 0.6 is 11.6 Å². The van der Waals surface area contributed by atoms with E-state index in [1.807, 2.05) is 0 Å². The third-order valence-corrected chi connectivity index (χ3v) is 5.34. The Labute approximate surface area is 198 Å². The van der Waals surface area contributed by atoms with E-state index in [9.17, 15) is 18.8 Å². The maximum absolute atomic E-state index is 14.2. The molecule has 0 atom stereocenters. The summed E-state index contributed by atoms with van der Waals surface area (Å²) in [7, 11) is 0. The predicted molar refractivity (Wildman–Crippen MR) is 125 cm³/mol. The monoisotopic (exact) mass is 479 g/mol. The van der Waals surface area contributed by atoms with Gasteiger partial charge in [-0.05, 0) is 53.9 Å². The Morgan fingerprint density at radius 3 is 2.53 bits per heavy atom. The molecule has 0 aliphatic carbocycles. The summed E-state index contributed by atoms with van der Waals surface area (Å²) in [6.45, 7) is 1.54. The minimum Gasteiger partial charge on any atom is -0.346 e. The molecule has 0 unspecified atom stereocenters. The maximum Gasteiger partial charge on any atom is 0.352 e. The van der Waals surface area contributed by atoms with E-state index in [4.69, 9.17) is 11.6 Å². The number of halogens is 2. The molecule has 2 heterocycles. The predicted octanol–water partition coefficient (Wildman–Crippen LogP) is 2.87. The lowest BCUT2D eigenvalue weighted by atomic mass is 10.2. The third-order valence-electron chi connectivity index (χ3n) is 5.11. The van der Waals surface area contributed by atoms with E-state index in [2.05, 4.69) is 15.4 Å². The topological polar surface area (TPSA) is 98.9 Å². The standard InChI is InChI=1S/C24H19ClFN5O3/c1-15-5-6-19(12-20(15)26)31-24(34)30(14-17-3-2-4-18(25)11-17)23(33)21(29-31)22(32)28-13-16-7-9-27-10-8-16/h2-12H,13-14H2,1H3,(H,28,32). The summed E-state index contributed by atoms with van der Waals surface area (Å²) in [5, 5.41) is 7.05. The molecule has 0 bridgehead atoms. The molecule has 0 spiro atoms. The Morgan fingerprint density at radius 2 is 1.82 bits per heavy atom. The molecule has 10 heteroatoms. The first-order valence-corrected chi connectivity index (χ1v) is 10.6. The van der Waals surface area contributed by atoms with Crippen LogP contribution in [-0.4, -0.2) is 25.2 Å². The summed E-state index contributed by atoms with van der Waals surface area (Å²) in [5.74, 6) is -1.33. The van der Waals surface area contributed by atoms with Crippen molar-refractivity contribution < 1.29 is 9.18 Å². The number of hydrogen-bond acceptors (Lipinski definition) is 5. The van der Waals surface area contributed by atoms with E-state index in [-0.39, 0.29) is 18.8 Å². The van der Waals surface area contributed by atoms with Crippen molar-refractivity contribution in [3.63, 3.8) is 0 Å². The van der Waals surface area contributed by atoms with Crippen molar-refractivity contribution in [1.29, 1.82) is 0 Å². The second-order valence-corrected chi connectivity index (χ2v) is 7.97. The molecule has 0 aliphatic heterocycles. The number of nitrogens with one attached hydrogen (secondary N) is 1. The number of nitrogens with zero attached hydrogens (tertiary/aromatic N) is 4. The number of rotatable bonds is 6. The zero-order valence-corrected chi connectivity index (χ0v) is 18.8. The fourth-order valence-electron chi connectivity index (χ4n) is 3.26. The fraction of sp³-hybridized carbons (Fsp3) is 0.125. The number of carbonyl (C=O) groups is 1. The normalized spacial score (nSPS) is 10.8. The number of hydrogen-bond donors (Lipinski definition) is 1. The second kappa shape index (κ2) is 9.80. The van der Waals surface area contributed by atoms with Gasteiger partial charge in [0.25, 0.3) is 11.5 Å². The lowest BCUT2D eigenvalue weighted by Crippen LogP contribution is -2.46. The van der Waals surface area contributed by atoms with Crippen molar-refractivity contribution in [3.05, 3.63) is 121 Å². The van der Waals surface area contributed by atoms with Gasteiger partial charge in [-0.3, -0.25) is 19.1 Å². The van der Waals surface area contributed by atoms with Crippen LogP contribution in [0.3, 0.4) is 0 Å². The third kappa shape index (κ3) is 4.94. The van der Waals surface area contributed by atoms with Crippen molar-refractivity contribution in [2.24, 2.45) is 0 Å². The molecule has 0 radical (unpaired) electrons. The molecule has 1 amide bonds. The van der Waals surface area contributed by atoms with Crippen LogP contribution in [0.2, 0.25) is 5.02 Å². The van der Waals surface area contributed by atoms with E-state index in [0.29, 0.717) is 16.1 Å². The summed E-state index contributed by atoms with van der Waals surface area (Å²) in [5.41, 5.74) is -0.411. The maximum atomic E-state index is 14.2. The number of amides is 1. The quantitative estimate of drug-likeness (QED) is 0.458. The van der Waals surface area contributed by atoms with Gasteiger partial charge in [0, 0.05) is 30.0 Å². The van der Waals surface area contributed by atoms with Gasteiger partial charge in [0.15, 0.2) is 0 Å². The highest BCUT2D eigenvalue weighted by molar-refractivity contribution is 6.30. The minimum atomic E-state index is -0.874. The summed E-state index contributed by atoms with van der Waals surface area (Å²) in [4.78, 5) is 43.2. The van der Waals surface area contributed by atoms with Gasteiger partial charge in [-0.1, -0.05) is 29.8 Å². The SMILES string of the molecule is Cc1ccc(-n2nc(C(=O)NCc3ccncc3)c(=O)n(Cc3cccc(Cl)c3)c2=O)cc1F. The minimum absolute atomic E-state index is 0.0797. The van der Waals surface area contributed by atoms with Gasteiger partial charge in [0.1, 0.15) is 5.82 Å². The van der Waals surface area contributed by atoms with Crippen molar-refractivity contribution in [1.82, 2.24) is 24.6 Å². The Balaban J connectivity index is 1.81. The zero-order valence-electron chi connectivity index (χ0n) is 18.0. The Bertz CT molecular complexity index is 1480. The van der Waals surface area contributed by atoms with Crippen LogP contribution < -0.4 is 16.6 Å². The van der Waals surface area contributed by atoms with Gasteiger partial charge in [-0.2, -0.15) is 9.78 Å². The average molecular weight is 480 g/mol. The molecule has 2 aromatic heterocycles. The van der Waals surface area contributed by atoms with Gasteiger partial charge < -0.3 is 5.32 Å². The van der Waals surface area contributed by atoms with E-state index >= 15 is 0 Å². The van der Waals surface area contributed by atoms with Crippen LogP contribution in [0.4, 0.5) is 4.39 Å². The van der Waals surface area contributed by atoms with E-state index < -0.39 is 28.7 Å². The molecule has 0 saturated carbocycles. The highest BCUT2D eigenvalue weighted by Gasteiger charge is 2.21. The molecule has 0 saturated heterocycles. The highest BCUT2D eigenvalue weighted by Crippen LogP contribution is 2.13. The van der Waals surface area contributed by atoms with Gasteiger partial charge in [-0.15, -0.1) is 0 Å². The van der Waals surface area contributed by atoms with Gasteiger partial charge in [0.2, 0.25) is 5.69 Å². The number of aromatic nitrogens is 4. The number of aryl methyl sites for hydroxylation is 1. The lowest BCUT2D eigenvalue weighted by Gasteiger charge is -2.13. The molecule has 0 fully saturated rings. The Kier molecular flexibility index (Phi) is 6.65. The summed E-state index contributed by atoms with van der Waals surface area (Å²) < 4.78 is 15.9. The molecule has 4 rings (SSSR count). The second-order valence-electron chi connectivity index (χ2n) is 7.54. The van der Waals surface area contributed by atoms with Crippen LogP contribution in [-0.2, 0) is 13.1 Å². The molecule has 1 N–H and O–H groups in total. The average Bonchev–Trinajstić information content (AvgIpc) is 2.83. The van der Waals surface area contributed by atoms with Crippen LogP contribution in [0.5, 0.6) is 0 Å². The van der Waals surface area contributed by atoms with Gasteiger partial charge in [0.05, 0.1) is 12.2 Å². The molecule has 34 heavy (non-hydrogen) atoms. The van der Waals surface area contributed by atoms with Crippen LogP contribution in [0.25, 0.3) is 5.69 Å². The largest absolute Gasteiger partial charge is 0.352 e.